The molecule has 0 rings (SSSR count). The third-order valence-corrected chi connectivity index (χ3v) is 1.16. The SMILES string of the molecule is CC(=O)O[Se](=O)(=O)O. The third kappa shape index (κ3) is 5.55. The van der Waals surface area contributed by atoms with Crippen molar-refractivity contribution in [3.63, 3.8) is 0 Å². The zero-order chi connectivity index (χ0) is 6.78. The first-order valence-corrected chi connectivity index (χ1v) is 4.46. The molecule has 0 aliphatic carbocycles. The van der Waals surface area contributed by atoms with Gasteiger partial charge in [0.05, 0.1) is 0 Å². The van der Waals surface area contributed by atoms with Crippen molar-refractivity contribution in [1.29, 1.82) is 0 Å². The summed E-state index contributed by atoms with van der Waals surface area (Å²) in [6.45, 7) is 0.887. The molecule has 0 unspecified atom stereocenters. The number of rotatable bonds is 1. The molecular weight excluding hydrogens is 183 g/mol. The zero-order valence-electron chi connectivity index (χ0n) is 3.99. The summed E-state index contributed by atoms with van der Waals surface area (Å²) in [5.74, 6) is -1.03. The van der Waals surface area contributed by atoms with Crippen LogP contribution in [0.25, 0.3) is 0 Å². The Morgan fingerprint density at radius 1 is 1.62 bits per heavy atom. The summed E-state index contributed by atoms with van der Waals surface area (Å²) >= 11 is -5.23. The Morgan fingerprint density at radius 2 is 2.00 bits per heavy atom. The Morgan fingerprint density at radius 3 is 2.00 bits per heavy atom. The van der Waals surface area contributed by atoms with Crippen molar-refractivity contribution in [2.75, 3.05) is 0 Å². The van der Waals surface area contributed by atoms with Crippen molar-refractivity contribution >= 4 is 19.3 Å². The predicted molar refractivity (Wildman–Crippen MR) is 21.1 cm³/mol. The molecule has 0 atom stereocenters. The molecule has 0 aromatic rings. The Bertz CT molecular complexity index is 177. The van der Waals surface area contributed by atoms with E-state index in [1.54, 1.807) is 0 Å². The molecule has 1 N–H and O–H groups in total. The first kappa shape index (κ1) is 7.55. The van der Waals surface area contributed by atoms with Crippen LogP contribution in [-0.2, 0) is 16.3 Å². The summed E-state index contributed by atoms with van der Waals surface area (Å²) < 4.78 is 30.4. The minimum atomic E-state index is -5.23. The number of hydrogen-bond donors (Lipinski definition) is 1. The Labute approximate surface area is 47.5 Å². The van der Waals surface area contributed by atoms with Gasteiger partial charge in [-0.1, -0.05) is 0 Å². The van der Waals surface area contributed by atoms with E-state index in [4.69, 9.17) is 4.19 Å². The fourth-order valence-electron chi connectivity index (χ4n) is 0.148. The van der Waals surface area contributed by atoms with Gasteiger partial charge >= 0.3 is 46.7 Å². The normalized spacial score (nSPS) is 10.8. The quantitative estimate of drug-likeness (QED) is 0.523. The van der Waals surface area contributed by atoms with Crippen molar-refractivity contribution in [1.82, 2.24) is 0 Å². The number of carbonyl (C=O) groups is 1. The van der Waals surface area contributed by atoms with Crippen LogP contribution in [0.5, 0.6) is 0 Å². The second-order valence-corrected chi connectivity index (χ2v) is 3.15. The molecule has 6 heteroatoms. The molecule has 0 fully saturated rings. The summed E-state index contributed by atoms with van der Waals surface area (Å²) in [4.78, 5) is 9.72. The molecule has 0 saturated carbocycles. The van der Waals surface area contributed by atoms with Crippen molar-refractivity contribution < 1.29 is 20.5 Å². The number of carbonyl (C=O) groups excluding carboxylic acids is 1. The van der Waals surface area contributed by atoms with E-state index in [-0.39, 0.29) is 0 Å². The second kappa shape index (κ2) is 2.21. The monoisotopic (exact) mass is 188 g/mol. The summed E-state index contributed by atoms with van der Waals surface area (Å²) in [5, 5.41) is 0. The molecule has 0 aliphatic heterocycles. The second-order valence-electron chi connectivity index (χ2n) is 1.00. The molecule has 0 aliphatic rings. The van der Waals surface area contributed by atoms with Crippen LogP contribution in [0.1, 0.15) is 6.92 Å². The zero-order valence-corrected chi connectivity index (χ0v) is 5.70. The van der Waals surface area contributed by atoms with Gasteiger partial charge in [0.1, 0.15) is 0 Å². The number of hydrogen-bond acceptors (Lipinski definition) is 4. The molecule has 8 heavy (non-hydrogen) atoms. The van der Waals surface area contributed by atoms with Crippen LogP contribution in [0, 0.1) is 0 Å². The van der Waals surface area contributed by atoms with Gasteiger partial charge in [0, 0.05) is 0 Å². The molecule has 0 spiro atoms. The molecule has 0 aromatic carbocycles. The first-order chi connectivity index (χ1) is 3.42. The molecule has 0 amide bonds. The van der Waals surface area contributed by atoms with Crippen LogP contribution in [-0.4, -0.2) is 23.5 Å². The van der Waals surface area contributed by atoms with E-state index in [2.05, 4.69) is 3.82 Å². The van der Waals surface area contributed by atoms with Crippen LogP contribution >= 0.6 is 0 Å². The van der Waals surface area contributed by atoms with Gasteiger partial charge in [0.25, 0.3) is 0 Å². The molecule has 0 bridgehead atoms. The maximum absolute atomic E-state index is 9.72. The summed E-state index contributed by atoms with van der Waals surface area (Å²) in [6.07, 6.45) is 0. The van der Waals surface area contributed by atoms with E-state index in [0.717, 1.165) is 6.92 Å². The molecule has 48 valence electrons. The van der Waals surface area contributed by atoms with Crippen molar-refractivity contribution in [2.24, 2.45) is 0 Å². The fraction of sp³-hybridized carbons (Fsp3) is 0.500. The molecule has 0 aromatic heterocycles. The molecule has 0 heterocycles. The summed E-state index contributed by atoms with van der Waals surface area (Å²) in [7, 11) is 0. The van der Waals surface area contributed by atoms with E-state index < -0.39 is 19.3 Å². The van der Waals surface area contributed by atoms with Gasteiger partial charge in [-0.15, -0.1) is 0 Å². The first-order valence-electron chi connectivity index (χ1n) is 1.59. The van der Waals surface area contributed by atoms with Crippen molar-refractivity contribution in [2.45, 2.75) is 6.92 Å². The van der Waals surface area contributed by atoms with Crippen LogP contribution in [0.2, 0.25) is 0 Å². The van der Waals surface area contributed by atoms with E-state index in [9.17, 15) is 12.5 Å². The van der Waals surface area contributed by atoms with Gasteiger partial charge in [-0.2, -0.15) is 0 Å². The molecule has 0 radical (unpaired) electrons. The van der Waals surface area contributed by atoms with Crippen LogP contribution in [0.3, 0.4) is 0 Å². The van der Waals surface area contributed by atoms with Crippen LogP contribution in [0.4, 0.5) is 0 Å². The van der Waals surface area contributed by atoms with Gasteiger partial charge in [0.2, 0.25) is 0 Å². The van der Waals surface area contributed by atoms with Gasteiger partial charge in [0.15, 0.2) is 0 Å². The van der Waals surface area contributed by atoms with Crippen LogP contribution in [0.15, 0.2) is 0 Å². The standard InChI is InChI=1S/C2H4O5Se/c1-2(3)7-8(4,5)6/h1H3,(H,4,5,6). The predicted octanol–water partition coefficient (Wildman–Crippen LogP) is -1.16. The van der Waals surface area contributed by atoms with E-state index >= 15 is 0 Å². The molecule has 0 saturated heterocycles. The van der Waals surface area contributed by atoms with E-state index in [1.165, 1.54) is 0 Å². The fourth-order valence-corrected chi connectivity index (χ4v) is 0.771. The van der Waals surface area contributed by atoms with Crippen molar-refractivity contribution in [3.8, 4) is 0 Å². The van der Waals surface area contributed by atoms with Gasteiger partial charge in [-0.3, -0.25) is 0 Å². The molecular formula is C2H4O5Se. The maximum atomic E-state index is 9.72. The van der Waals surface area contributed by atoms with Crippen LogP contribution < -0.4 is 0 Å². The van der Waals surface area contributed by atoms with Gasteiger partial charge in [-0.05, 0) is 0 Å². The Hall–Kier alpha value is -0.451. The molecule has 5 nitrogen and oxygen atoms in total. The Kier molecular flexibility index (Phi) is 2.09. The average molecular weight is 187 g/mol. The summed E-state index contributed by atoms with van der Waals surface area (Å²) in [6, 6.07) is 0. The minimum absolute atomic E-state index is 0.887. The van der Waals surface area contributed by atoms with Gasteiger partial charge in [-0.25, -0.2) is 0 Å². The van der Waals surface area contributed by atoms with E-state index in [0.29, 0.717) is 0 Å². The van der Waals surface area contributed by atoms with Crippen molar-refractivity contribution in [3.05, 3.63) is 0 Å². The summed E-state index contributed by atoms with van der Waals surface area (Å²) in [5.41, 5.74) is 0. The third-order valence-electron chi connectivity index (χ3n) is 0.223. The van der Waals surface area contributed by atoms with Gasteiger partial charge < -0.3 is 0 Å². The Balaban J connectivity index is 3.95. The van der Waals surface area contributed by atoms with E-state index in [1.807, 2.05) is 0 Å². The average Bonchev–Trinajstić information content (AvgIpc) is 1.21. The topological polar surface area (TPSA) is 80.7 Å².